The van der Waals surface area contributed by atoms with Crippen LogP contribution in [0.5, 0.6) is 0 Å². The molecule has 2 aromatic carbocycles. The number of pyridine rings is 1. The van der Waals surface area contributed by atoms with Gasteiger partial charge in [-0.15, -0.1) is 0 Å². The molecular formula is C26H23N5S2. The van der Waals surface area contributed by atoms with E-state index in [1.165, 1.54) is 35.5 Å². The third-order valence-electron chi connectivity index (χ3n) is 6.61. The van der Waals surface area contributed by atoms with E-state index in [4.69, 9.17) is 22.2 Å². The lowest BCUT2D eigenvalue weighted by Crippen LogP contribution is -2.02. The molecule has 0 saturated heterocycles. The first-order chi connectivity index (χ1) is 16.0. The summed E-state index contributed by atoms with van der Waals surface area (Å²) in [5.74, 6) is 2.47. The Morgan fingerprint density at radius 1 is 0.909 bits per heavy atom. The van der Waals surface area contributed by atoms with Crippen molar-refractivity contribution in [3.05, 3.63) is 75.1 Å². The summed E-state index contributed by atoms with van der Waals surface area (Å²) in [7, 11) is 0. The second-order valence-corrected chi connectivity index (χ2v) is 10.2. The predicted molar refractivity (Wildman–Crippen MR) is 137 cm³/mol. The molecule has 3 heterocycles. The van der Waals surface area contributed by atoms with Crippen molar-refractivity contribution in [2.24, 2.45) is 0 Å². The second-order valence-electron chi connectivity index (χ2n) is 8.72. The first kappa shape index (κ1) is 20.4. The average molecular weight is 470 g/mol. The standard InChI is InChI=1S/C26H23N5S2/c1-14-15(2)22-25(27-16(14)3)31(24(28-22)18-8-9-18)19-12-10-17(11-13-19)20-6-4-5-7-21(20)23-29-26(32)33-30-23/h4-7,10-13,18H,8-9H2,1-3H3,(H,29,30,32). The Labute approximate surface area is 201 Å². The van der Waals surface area contributed by atoms with E-state index in [2.05, 4.69) is 77.2 Å². The van der Waals surface area contributed by atoms with E-state index < -0.39 is 0 Å². The number of H-pyrrole nitrogens is 1. The van der Waals surface area contributed by atoms with Gasteiger partial charge in [0.25, 0.3) is 0 Å². The van der Waals surface area contributed by atoms with E-state index in [0.29, 0.717) is 9.87 Å². The minimum Gasteiger partial charge on any atom is -0.293 e. The van der Waals surface area contributed by atoms with Gasteiger partial charge in [-0.05, 0) is 91.7 Å². The van der Waals surface area contributed by atoms with Crippen molar-refractivity contribution in [2.45, 2.75) is 39.5 Å². The number of hydrogen-bond donors (Lipinski definition) is 1. The summed E-state index contributed by atoms with van der Waals surface area (Å²) in [5.41, 5.74) is 9.90. The molecule has 0 amide bonds. The Balaban J connectivity index is 1.48. The Morgan fingerprint density at radius 2 is 1.64 bits per heavy atom. The molecule has 1 N–H and O–H groups in total. The fraction of sp³-hybridized carbons (Fsp3) is 0.231. The molecule has 1 aliphatic carbocycles. The molecule has 1 fully saturated rings. The van der Waals surface area contributed by atoms with Crippen LogP contribution in [0.2, 0.25) is 0 Å². The number of aromatic nitrogens is 5. The molecule has 0 spiro atoms. The van der Waals surface area contributed by atoms with Crippen molar-refractivity contribution in [2.75, 3.05) is 0 Å². The molecular weight excluding hydrogens is 446 g/mol. The molecule has 0 bridgehead atoms. The van der Waals surface area contributed by atoms with Crippen LogP contribution in [0.15, 0.2) is 48.5 Å². The van der Waals surface area contributed by atoms with Gasteiger partial charge in [0, 0.05) is 22.9 Å². The fourth-order valence-corrected chi connectivity index (χ4v) is 5.11. The Bertz CT molecular complexity index is 1570. The zero-order valence-corrected chi connectivity index (χ0v) is 20.3. The molecule has 7 heteroatoms. The Hall–Kier alpha value is -3.16. The van der Waals surface area contributed by atoms with Crippen LogP contribution >= 0.6 is 23.8 Å². The van der Waals surface area contributed by atoms with Gasteiger partial charge in [-0.25, -0.2) is 15.0 Å². The van der Waals surface area contributed by atoms with Gasteiger partial charge in [-0.2, -0.15) is 0 Å². The number of rotatable bonds is 4. The first-order valence-corrected chi connectivity index (χ1v) is 12.4. The number of fused-ring (bicyclic) bond motifs is 1. The Kier molecular flexibility index (Phi) is 4.78. The number of nitrogens with one attached hydrogen (secondary N) is 1. The maximum Gasteiger partial charge on any atom is 0.198 e. The van der Waals surface area contributed by atoms with Crippen molar-refractivity contribution in [1.82, 2.24) is 23.9 Å². The van der Waals surface area contributed by atoms with E-state index in [1.54, 1.807) is 0 Å². The van der Waals surface area contributed by atoms with E-state index >= 15 is 0 Å². The highest BCUT2D eigenvalue weighted by Crippen LogP contribution is 2.42. The molecule has 5 nitrogen and oxygen atoms in total. The van der Waals surface area contributed by atoms with Crippen molar-refractivity contribution in [1.29, 1.82) is 0 Å². The van der Waals surface area contributed by atoms with Gasteiger partial charge in [0.05, 0.1) is 0 Å². The summed E-state index contributed by atoms with van der Waals surface area (Å²) in [6.45, 7) is 6.37. The van der Waals surface area contributed by atoms with E-state index in [9.17, 15) is 0 Å². The molecule has 1 aliphatic rings. The summed E-state index contributed by atoms with van der Waals surface area (Å²) < 4.78 is 6.11. The maximum absolute atomic E-state index is 5.22. The Morgan fingerprint density at radius 3 is 2.30 bits per heavy atom. The number of hydrogen-bond acceptors (Lipinski definition) is 5. The monoisotopic (exact) mass is 469 g/mol. The van der Waals surface area contributed by atoms with Crippen LogP contribution in [0.25, 0.3) is 39.4 Å². The van der Waals surface area contributed by atoms with Gasteiger partial charge in [0.1, 0.15) is 17.2 Å². The topological polar surface area (TPSA) is 59.4 Å². The first-order valence-electron chi connectivity index (χ1n) is 11.1. The summed E-state index contributed by atoms with van der Waals surface area (Å²) in [4.78, 5) is 14.5. The van der Waals surface area contributed by atoms with Crippen LogP contribution in [0.1, 0.15) is 41.4 Å². The molecule has 33 heavy (non-hydrogen) atoms. The summed E-state index contributed by atoms with van der Waals surface area (Å²) in [6.07, 6.45) is 2.39. The highest BCUT2D eigenvalue weighted by molar-refractivity contribution is 7.73. The molecule has 5 aromatic rings. The molecule has 1 saturated carbocycles. The molecule has 0 aliphatic heterocycles. The summed E-state index contributed by atoms with van der Waals surface area (Å²) >= 11 is 6.60. The minimum absolute atomic E-state index is 0.521. The van der Waals surface area contributed by atoms with Gasteiger partial charge in [0.15, 0.2) is 9.60 Å². The maximum atomic E-state index is 5.22. The highest BCUT2D eigenvalue weighted by Gasteiger charge is 2.31. The number of nitrogens with zero attached hydrogens (tertiary/aromatic N) is 4. The molecule has 3 aromatic heterocycles. The third-order valence-corrected chi connectivity index (χ3v) is 7.51. The average Bonchev–Trinajstić information content (AvgIpc) is 3.48. The zero-order chi connectivity index (χ0) is 22.7. The van der Waals surface area contributed by atoms with Crippen LogP contribution in [-0.4, -0.2) is 23.9 Å². The normalized spacial score (nSPS) is 13.7. The fourth-order valence-electron chi connectivity index (χ4n) is 4.42. The lowest BCUT2D eigenvalue weighted by molar-refractivity contribution is 0.889. The lowest BCUT2D eigenvalue weighted by atomic mass is 9.99. The molecule has 0 unspecified atom stereocenters. The smallest absolute Gasteiger partial charge is 0.198 e. The van der Waals surface area contributed by atoms with Gasteiger partial charge in [-0.1, -0.05) is 36.4 Å². The van der Waals surface area contributed by atoms with Crippen molar-refractivity contribution in [3.8, 4) is 28.2 Å². The van der Waals surface area contributed by atoms with E-state index in [1.807, 2.05) is 6.07 Å². The summed E-state index contributed by atoms with van der Waals surface area (Å²) in [5, 5.41) is 0. The van der Waals surface area contributed by atoms with Crippen molar-refractivity contribution < 1.29 is 0 Å². The van der Waals surface area contributed by atoms with Gasteiger partial charge in [0.2, 0.25) is 0 Å². The van der Waals surface area contributed by atoms with Crippen LogP contribution in [-0.2, 0) is 0 Å². The minimum atomic E-state index is 0.521. The number of aromatic amines is 1. The van der Waals surface area contributed by atoms with Crippen molar-refractivity contribution >= 4 is 34.9 Å². The number of benzene rings is 2. The largest absolute Gasteiger partial charge is 0.293 e. The van der Waals surface area contributed by atoms with Gasteiger partial charge >= 0.3 is 0 Å². The number of aryl methyl sites for hydroxylation is 2. The molecule has 6 rings (SSSR count). The molecule has 0 atom stereocenters. The van der Waals surface area contributed by atoms with Gasteiger partial charge in [-0.3, -0.25) is 8.94 Å². The quantitative estimate of drug-likeness (QED) is 0.286. The number of imidazole rings is 1. The highest BCUT2D eigenvalue weighted by atomic mass is 32.2. The SMILES string of the molecule is Cc1nc2c(nc(C3CC3)n2-c2ccc(-c3ccccc3-c3nc(=S)s[nH]3)cc2)c(C)c1C. The van der Waals surface area contributed by atoms with Crippen LogP contribution < -0.4 is 0 Å². The predicted octanol–water partition coefficient (Wildman–Crippen LogP) is 7.07. The summed E-state index contributed by atoms with van der Waals surface area (Å²) in [6, 6.07) is 17.0. The third kappa shape index (κ3) is 3.43. The van der Waals surface area contributed by atoms with Gasteiger partial charge < -0.3 is 0 Å². The van der Waals surface area contributed by atoms with E-state index in [0.717, 1.165) is 50.9 Å². The lowest BCUT2D eigenvalue weighted by Gasteiger charge is -2.12. The molecule has 164 valence electrons. The molecule has 0 radical (unpaired) electrons. The van der Waals surface area contributed by atoms with Crippen LogP contribution in [0, 0.1) is 24.7 Å². The van der Waals surface area contributed by atoms with Crippen LogP contribution in [0.3, 0.4) is 0 Å². The second kappa shape index (κ2) is 7.71. The van der Waals surface area contributed by atoms with E-state index in [-0.39, 0.29) is 0 Å². The zero-order valence-electron chi connectivity index (χ0n) is 18.7. The van der Waals surface area contributed by atoms with Crippen LogP contribution in [0.4, 0.5) is 0 Å². The van der Waals surface area contributed by atoms with Crippen molar-refractivity contribution in [3.63, 3.8) is 0 Å².